The molecule has 0 saturated heterocycles. The summed E-state index contributed by atoms with van der Waals surface area (Å²) in [6.07, 6.45) is 1.56. The summed E-state index contributed by atoms with van der Waals surface area (Å²) in [4.78, 5) is 23.2. The van der Waals surface area contributed by atoms with E-state index in [0.29, 0.717) is 17.3 Å². The molecule has 0 saturated carbocycles. The molecule has 0 radical (unpaired) electrons. The van der Waals surface area contributed by atoms with E-state index in [0.717, 1.165) is 0 Å². The quantitative estimate of drug-likeness (QED) is 0.716. The number of hydrogen-bond donors (Lipinski definition) is 0. The van der Waals surface area contributed by atoms with Gasteiger partial charge in [0.05, 0.1) is 7.11 Å². The Morgan fingerprint density at radius 1 is 1.47 bits per heavy atom. The van der Waals surface area contributed by atoms with Crippen molar-refractivity contribution in [1.29, 1.82) is 0 Å². The van der Waals surface area contributed by atoms with Crippen molar-refractivity contribution in [3.05, 3.63) is 24.0 Å². The molecule has 7 nitrogen and oxygen atoms in total. The number of methoxy groups -OCH3 is 1. The van der Waals surface area contributed by atoms with E-state index in [-0.39, 0.29) is 12.3 Å². The molecule has 88 valence electrons. The second kappa shape index (κ2) is 4.69. The number of carbonyl (C=O) groups excluding carboxylic acids is 1. The molecule has 0 fully saturated rings. The summed E-state index contributed by atoms with van der Waals surface area (Å²) >= 11 is 0. The largest absolute Gasteiger partial charge is 0.469 e. The molecule has 2 aromatic heterocycles. The first-order chi connectivity index (χ1) is 8.19. The van der Waals surface area contributed by atoms with Gasteiger partial charge < -0.3 is 9.26 Å². The summed E-state index contributed by atoms with van der Waals surface area (Å²) in [5.74, 6) is 0.707. The van der Waals surface area contributed by atoms with Crippen molar-refractivity contribution in [1.82, 2.24) is 20.1 Å². The Labute approximate surface area is 96.8 Å². The predicted octanol–water partition coefficient (Wildman–Crippen LogP) is 0.551. The van der Waals surface area contributed by atoms with Crippen LogP contribution in [0.2, 0.25) is 0 Å². The molecule has 0 atom stereocenters. The maximum absolute atomic E-state index is 11.0. The molecule has 0 aliphatic rings. The van der Waals surface area contributed by atoms with Crippen LogP contribution in [0, 0.1) is 6.92 Å². The monoisotopic (exact) mass is 234 g/mol. The van der Waals surface area contributed by atoms with Gasteiger partial charge in [-0.1, -0.05) is 5.16 Å². The van der Waals surface area contributed by atoms with E-state index in [9.17, 15) is 4.79 Å². The molecular formula is C10H10N4O3. The summed E-state index contributed by atoms with van der Waals surface area (Å²) in [6, 6.07) is 1.67. The number of ether oxygens (including phenoxy) is 1. The van der Waals surface area contributed by atoms with Crippen LogP contribution in [-0.2, 0) is 16.0 Å². The van der Waals surface area contributed by atoms with Crippen LogP contribution in [0.4, 0.5) is 0 Å². The van der Waals surface area contributed by atoms with E-state index in [1.165, 1.54) is 7.11 Å². The minimum Gasteiger partial charge on any atom is -0.469 e. The van der Waals surface area contributed by atoms with Crippen LogP contribution < -0.4 is 0 Å². The Bertz CT molecular complexity index is 538. The lowest BCUT2D eigenvalue weighted by molar-refractivity contribution is -0.140. The average molecular weight is 234 g/mol. The zero-order valence-corrected chi connectivity index (χ0v) is 9.38. The maximum atomic E-state index is 11.0. The first-order valence-corrected chi connectivity index (χ1v) is 4.88. The number of hydrogen-bond acceptors (Lipinski definition) is 7. The number of esters is 1. The summed E-state index contributed by atoms with van der Waals surface area (Å²) in [5.41, 5.74) is 0.553. The lowest BCUT2D eigenvalue weighted by Gasteiger charge is -1.93. The molecule has 17 heavy (non-hydrogen) atoms. The van der Waals surface area contributed by atoms with Crippen molar-refractivity contribution >= 4 is 5.97 Å². The average Bonchev–Trinajstić information content (AvgIpc) is 2.77. The number of rotatable bonds is 3. The van der Waals surface area contributed by atoms with Crippen LogP contribution in [0.3, 0.4) is 0 Å². The molecule has 0 N–H and O–H groups in total. The number of aromatic nitrogens is 4. The van der Waals surface area contributed by atoms with Crippen LogP contribution in [0.15, 0.2) is 16.8 Å². The van der Waals surface area contributed by atoms with Gasteiger partial charge in [0.15, 0.2) is 0 Å². The Morgan fingerprint density at radius 3 is 3.00 bits per heavy atom. The first-order valence-electron chi connectivity index (χ1n) is 4.88. The smallest absolute Gasteiger partial charge is 0.315 e. The minimum absolute atomic E-state index is 0.0480. The summed E-state index contributed by atoms with van der Waals surface area (Å²) < 4.78 is 9.40. The molecular weight excluding hydrogens is 224 g/mol. The summed E-state index contributed by atoms with van der Waals surface area (Å²) in [5, 5.41) is 3.73. The topological polar surface area (TPSA) is 91.0 Å². The van der Waals surface area contributed by atoms with E-state index >= 15 is 0 Å². The molecule has 2 heterocycles. The fourth-order valence-corrected chi connectivity index (χ4v) is 1.21. The van der Waals surface area contributed by atoms with E-state index < -0.39 is 5.97 Å². The molecule has 2 rings (SSSR count). The van der Waals surface area contributed by atoms with Crippen molar-refractivity contribution in [3.8, 4) is 11.5 Å². The third kappa shape index (κ3) is 2.63. The van der Waals surface area contributed by atoms with Gasteiger partial charge in [-0.15, -0.1) is 0 Å². The van der Waals surface area contributed by atoms with Gasteiger partial charge in [0.2, 0.25) is 11.7 Å². The molecule has 7 heteroatoms. The van der Waals surface area contributed by atoms with Gasteiger partial charge in [0.1, 0.15) is 17.9 Å². The van der Waals surface area contributed by atoms with Crippen LogP contribution in [0.25, 0.3) is 11.5 Å². The second-order valence-corrected chi connectivity index (χ2v) is 3.25. The van der Waals surface area contributed by atoms with Gasteiger partial charge in [0.25, 0.3) is 0 Å². The van der Waals surface area contributed by atoms with Crippen LogP contribution in [0.5, 0.6) is 0 Å². The Morgan fingerprint density at radius 2 is 2.29 bits per heavy atom. The van der Waals surface area contributed by atoms with Crippen molar-refractivity contribution in [2.24, 2.45) is 0 Å². The second-order valence-electron chi connectivity index (χ2n) is 3.25. The highest BCUT2D eigenvalue weighted by molar-refractivity contribution is 5.71. The molecule has 0 aromatic carbocycles. The van der Waals surface area contributed by atoms with Gasteiger partial charge in [0, 0.05) is 6.20 Å². The normalized spacial score (nSPS) is 10.2. The van der Waals surface area contributed by atoms with E-state index in [2.05, 4.69) is 24.8 Å². The van der Waals surface area contributed by atoms with E-state index in [1.807, 2.05) is 0 Å². The van der Waals surface area contributed by atoms with Gasteiger partial charge >= 0.3 is 5.97 Å². The van der Waals surface area contributed by atoms with Crippen LogP contribution >= 0.6 is 0 Å². The van der Waals surface area contributed by atoms with Crippen molar-refractivity contribution in [2.75, 3.05) is 7.11 Å². The molecule has 0 spiro atoms. The van der Waals surface area contributed by atoms with Crippen molar-refractivity contribution in [2.45, 2.75) is 13.3 Å². The molecule has 0 amide bonds. The molecule has 0 bridgehead atoms. The summed E-state index contributed by atoms with van der Waals surface area (Å²) in [7, 11) is 1.30. The van der Waals surface area contributed by atoms with Crippen LogP contribution in [-0.4, -0.2) is 33.2 Å². The van der Waals surface area contributed by atoms with Gasteiger partial charge in [-0.3, -0.25) is 4.79 Å². The highest BCUT2D eigenvalue weighted by Crippen LogP contribution is 2.12. The highest BCUT2D eigenvalue weighted by Gasteiger charge is 2.13. The lowest BCUT2D eigenvalue weighted by atomic mass is 10.4. The SMILES string of the molecule is COC(=O)Cc1nc(-c2ccnc(C)n2)no1. The predicted molar refractivity (Wildman–Crippen MR) is 55.8 cm³/mol. The van der Waals surface area contributed by atoms with Gasteiger partial charge in [-0.2, -0.15) is 4.98 Å². The number of nitrogens with zero attached hydrogens (tertiary/aromatic N) is 4. The zero-order chi connectivity index (χ0) is 12.3. The molecule has 2 aromatic rings. The summed E-state index contributed by atoms with van der Waals surface area (Å²) in [6.45, 7) is 1.76. The van der Waals surface area contributed by atoms with Gasteiger partial charge in [-0.05, 0) is 13.0 Å². The van der Waals surface area contributed by atoms with Crippen molar-refractivity contribution < 1.29 is 14.1 Å². The van der Waals surface area contributed by atoms with E-state index in [4.69, 9.17) is 4.52 Å². The van der Waals surface area contributed by atoms with Gasteiger partial charge in [-0.25, -0.2) is 9.97 Å². The zero-order valence-electron chi connectivity index (χ0n) is 9.38. The van der Waals surface area contributed by atoms with Crippen LogP contribution in [0.1, 0.15) is 11.7 Å². The third-order valence-electron chi connectivity index (χ3n) is 2.00. The molecule has 0 unspecified atom stereocenters. The molecule has 0 aliphatic heterocycles. The minimum atomic E-state index is -0.431. The standard InChI is InChI=1S/C10H10N4O3/c1-6-11-4-3-7(12-6)10-13-8(17-14-10)5-9(15)16-2/h3-4H,5H2,1-2H3. The molecule has 0 aliphatic carbocycles. The maximum Gasteiger partial charge on any atom is 0.315 e. The fraction of sp³-hybridized carbons (Fsp3) is 0.300. The Hall–Kier alpha value is -2.31. The highest BCUT2D eigenvalue weighted by atomic mass is 16.5. The fourth-order valence-electron chi connectivity index (χ4n) is 1.21. The third-order valence-corrected chi connectivity index (χ3v) is 2.00. The lowest BCUT2D eigenvalue weighted by Crippen LogP contribution is -2.04. The van der Waals surface area contributed by atoms with Crippen molar-refractivity contribution in [3.63, 3.8) is 0 Å². The van der Waals surface area contributed by atoms with E-state index in [1.54, 1.807) is 19.2 Å². The Kier molecular flexibility index (Phi) is 3.08. The number of carbonyl (C=O) groups is 1. The number of aryl methyl sites for hydroxylation is 1. The first kappa shape index (κ1) is 11.2. The Balaban J connectivity index is 2.21.